The summed E-state index contributed by atoms with van der Waals surface area (Å²) < 4.78 is 8.80. The molecule has 0 radical (unpaired) electrons. The van der Waals surface area contributed by atoms with E-state index in [-0.39, 0.29) is 48.0 Å². The maximum absolute atomic E-state index is 2.26. The molecule has 0 aliphatic rings. The Bertz CT molecular complexity index is 484. The molecule has 0 atom stereocenters. The molecule has 2 aromatic heterocycles. The maximum atomic E-state index is 2.26. The average Bonchev–Trinajstić information content (AvgIpc) is 2.91. The number of aryl methyl sites for hydroxylation is 4. The molecule has 0 N–H and O–H groups in total. The zero-order valence-electron chi connectivity index (χ0n) is 14.7. The molecular weight excluding hydrogens is 502 g/mol. The molecule has 0 aliphatic carbocycles. The molecule has 0 spiro atoms. The van der Waals surface area contributed by atoms with E-state index in [2.05, 4.69) is 84.8 Å². The van der Waals surface area contributed by atoms with Crippen LogP contribution in [0.2, 0.25) is 0 Å². The SMILES string of the molecule is CCCn1cc[n+](C)c1C.CCCn1cc[n+](C)c1C.[I-].[I-]. The summed E-state index contributed by atoms with van der Waals surface area (Å²) in [5.41, 5.74) is 0. The molecular formula is C16H30I2N4. The minimum atomic E-state index is 0. The molecule has 0 fully saturated rings. The van der Waals surface area contributed by atoms with Crippen molar-refractivity contribution in [2.75, 3.05) is 0 Å². The lowest BCUT2D eigenvalue weighted by atomic mass is 10.5. The summed E-state index contributed by atoms with van der Waals surface area (Å²) in [6.45, 7) is 10.9. The van der Waals surface area contributed by atoms with Crippen molar-refractivity contribution < 1.29 is 57.1 Å². The van der Waals surface area contributed by atoms with Crippen molar-refractivity contribution in [2.45, 2.75) is 53.6 Å². The van der Waals surface area contributed by atoms with Crippen LogP contribution in [0.1, 0.15) is 38.3 Å². The number of rotatable bonds is 4. The van der Waals surface area contributed by atoms with Gasteiger partial charge >= 0.3 is 0 Å². The fourth-order valence-electron chi connectivity index (χ4n) is 2.15. The Morgan fingerprint density at radius 3 is 1.27 bits per heavy atom. The molecule has 2 heterocycles. The van der Waals surface area contributed by atoms with Crippen LogP contribution in [0, 0.1) is 13.8 Å². The van der Waals surface area contributed by atoms with Crippen molar-refractivity contribution >= 4 is 0 Å². The number of hydrogen-bond donors (Lipinski definition) is 0. The molecule has 22 heavy (non-hydrogen) atoms. The second-order valence-corrected chi connectivity index (χ2v) is 5.30. The van der Waals surface area contributed by atoms with Gasteiger partial charge in [-0.2, -0.15) is 0 Å². The van der Waals surface area contributed by atoms with Crippen LogP contribution in [0.25, 0.3) is 0 Å². The first kappa shape index (κ1) is 24.1. The van der Waals surface area contributed by atoms with Crippen molar-refractivity contribution in [1.82, 2.24) is 9.13 Å². The van der Waals surface area contributed by atoms with Crippen molar-refractivity contribution in [3.8, 4) is 0 Å². The van der Waals surface area contributed by atoms with Gasteiger partial charge in [0, 0.05) is 13.8 Å². The Morgan fingerprint density at radius 2 is 1.09 bits per heavy atom. The number of imidazole rings is 2. The van der Waals surface area contributed by atoms with Gasteiger partial charge in [0.15, 0.2) is 0 Å². The Hall–Kier alpha value is -0.120. The van der Waals surface area contributed by atoms with Gasteiger partial charge in [-0.1, -0.05) is 13.8 Å². The molecule has 128 valence electrons. The molecule has 0 aromatic carbocycles. The largest absolute Gasteiger partial charge is 1.00 e. The van der Waals surface area contributed by atoms with Gasteiger partial charge in [0.2, 0.25) is 0 Å². The lowest BCUT2D eigenvalue weighted by Gasteiger charge is -1.93. The van der Waals surface area contributed by atoms with Crippen LogP contribution in [0.4, 0.5) is 0 Å². The highest BCUT2D eigenvalue weighted by atomic mass is 127. The standard InChI is InChI=1S/2C8H15N2.2HI/c2*1-4-5-10-7-6-9(3)8(10)2;;/h2*6-7H,4-5H2,1-3H3;2*1H/q2*+1;;/p-2. The van der Waals surface area contributed by atoms with Crippen LogP contribution in [0.5, 0.6) is 0 Å². The summed E-state index contributed by atoms with van der Waals surface area (Å²) in [5, 5.41) is 0. The smallest absolute Gasteiger partial charge is 0.253 e. The molecule has 0 aliphatic heterocycles. The summed E-state index contributed by atoms with van der Waals surface area (Å²) >= 11 is 0. The summed E-state index contributed by atoms with van der Waals surface area (Å²) in [7, 11) is 4.14. The zero-order chi connectivity index (χ0) is 15.1. The number of halogens is 2. The maximum Gasteiger partial charge on any atom is 0.253 e. The van der Waals surface area contributed by atoms with Gasteiger partial charge in [-0.3, -0.25) is 0 Å². The predicted octanol–water partition coefficient (Wildman–Crippen LogP) is -3.93. The van der Waals surface area contributed by atoms with Crippen LogP contribution in [0.15, 0.2) is 24.8 Å². The molecule has 0 unspecified atom stereocenters. The van der Waals surface area contributed by atoms with Crippen molar-refractivity contribution in [3.63, 3.8) is 0 Å². The molecule has 0 saturated heterocycles. The van der Waals surface area contributed by atoms with E-state index in [0.29, 0.717) is 0 Å². The van der Waals surface area contributed by atoms with Gasteiger partial charge in [-0.15, -0.1) is 0 Å². The molecule has 4 nitrogen and oxygen atoms in total. The lowest BCUT2D eigenvalue weighted by Crippen LogP contribution is -3.00. The predicted molar refractivity (Wildman–Crippen MR) is 81.3 cm³/mol. The van der Waals surface area contributed by atoms with Crippen LogP contribution >= 0.6 is 0 Å². The highest BCUT2D eigenvalue weighted by Gasteiger charge is 2.06. The fraction of sp³-hybridized carbons (Fsp3) is 0.625. The molecule has 6 heteroatoms. The summed E-state index contributed by atoms with van der Waals surface area (Å²) in [6.07, 6.45) is 10.8. The topological polar surface area (TPSA) is 17.6 Å². The number of nitrogens with zero attached hydrogens (tertiary/aromatic N) is 4. The van der Waals surface area contributed by atoms with E-state index in [0.717, 1.165) is 13.1 Å². The Balaban J connectivity index is 0. The van der Waals surface area contributed by atoms with Crippen molar-refractivity contribution in [1.29, 1.82) is 0 Å². The molecule has 2 aromatic rings. The van der Waals surface area contributed by atoms with Crippen LogP contribution in [-0.4, -0.2) is 9.13 Å². The molecule has 0 amide bonds. The fourth-order valence-corrected chi connectivity index (χ4v) is 2.15. The second kappa shape index (κ2) is 12.3. The number of hydrogen-bond acceptors (Lipinski definition) is 0. The van der Waals surface area contributed by atoms with E-state index in [1.165, 1.54) is 24.5 Å². The van der Waals surface area contributed by atoms with Gasteiger partial charge in [0.05, 0.1) is 27.2 Å². The van der Waals surface area contributed by atoms with Crippen LogP contribution in [0.3, 0.4) is 0 Å². The third kappa shape index (κ3) is 6.97. The minimum Gasteiger partial charge on any atom is -1.00 e. The first-order valence-electron chi connectivity index (χ1n) is 7.53. The van der Waals surface area contributed by atoms with Gasteiger partial charge < -0.3 is 48.0 Å². The van der Waals surface area contributed by atoms with E-state index in [1.54, 1.807) is 0 Å². The molecule has 0 bridgehead atoms. The highest BCUT2D eigenvalue weighted by molar-refractivity contribution is 4.79. The first-order valence-corrected chi connectivity index (χ1v) is 7.53. The Kier molecular flexibility index (Phi) is 13.5. The van der Waals surface area contributed by atoms with E-state index in [1.807, 2.05) is 0 Å². The van der Waals surface area contributed by atoms with Gasteiger partial charge in [0.1, 0.15) is 24.8 Å². The summed E-state index contributed by atoms with van der Waals surface area (Å²) in [4.78, 5) is 0. The van der Waals surface area contributed by atoms with E-state index in [4.69, 9.17) is 0 Å². The van der Waals surface area contributed by atoms with Gasteiger partial charge in [0.25, 0.3) is 11.6 Å². The van der Waals surface area contributed by atoms with Crippen LogP contribution in [-0.2, 0) is 27.2 Å². The third-order valence-electron chi connectivity index (χ3n) is 3.72. The zero-order valence-corrected chi connectivity index (χ0v) is 19.0. The quantitative estimate of drug-likeness (QED) is 0.283. The highest BCUT2D eigenvalue weighted by Crippen LogP contribution is 1.94. The van der Waals surface area contributed by atoms with E-state index >= 15 is 0 Å². The van der Waals surface area contributed by atoms with Crippen molar-refractivity contribution in [2.24, 2.45) is 14.1 Å². The normalized spacial score (nSPS) is 9.36. The molecule has 0 saturated carbocycles. The first-order chi connectivity index (χ1) is 9.51. The van der Waals surface area contributed by atoms with Gasteiger partial charge in [-0.25, -0.2) is 18.3 Å². The second-order valence-electron chi connectivity index (χ2n) is 5.30. The Morgan fingerprint density at radius 1 is 0.773 bits per heavy atom. The lowest BCUT2D eigenvalue weighted by molar-refractivity contribution is -0.677. The van der Waals surface area contributed by atoms with Gasteiger partial charge in [-0.05, 0) is 12.8 Å². The van der Waals surface area contributed by atoms with Crippen LogP contribution < -0.4 is 57.1 Å². The van der Waals surface area contributed by atoms with E-state index < -0.39 is 0 Å². The Labute approximate surface area is 169 Å². The molecule has 2 rings (SSSR count). The number of aromatic nitrogens is 4. The third-order valence-corrected chi connectivity index (χ3v) is 3.72. The monoisotopic (exact) mass is 532 g/mol. The van der Waals surface area contributed by atoms with Crippen molar-refractivity contribution in [3.05, 3.63) is 36.4 Å². The summed E-state index contributed by atoms with van der Waals surface area (Å²) in [5.74, 6) is 2.64. The minimum absolute atomic E-state index is 0. The van der Waals surface area contributed by atoms with E-state index in [9.17, 15) is 0 Å². The average molecular weight is 532 g/mol. The summed E-state index contributed by atoms with van der Waals surface area (Å²) in [6, 6.07) is 0.